The quantitative estimate of drug-likeness (QED) is 0.198. The summed E-state index contributed by atoms with van der Waals surface area (Å²) in [7, 11) is 0. The number of aromatic hydroxyl groups is 1. The molecule has 2 N–H and O–H groups in total. The third-order valence-corrected chi connectivity index (χ3v) is 8.05. The molecule has 3 aromatic carbocycles. The van der Waals surface area contributed by atoms with Crippen LogP contribution in [0.2, 0.25) is 5.02 Å². The Morgan fingerprint density at radius 3 is 2.41 bits per heavy atom. The van der Waals surface area contributed by atoms with Crippen LogP contribution in [-0.4, -0.2) is 19.8 Å². The zero-order valence-electron chi connectivity index (χ0n) is 22.9. The van der Waals surface area contributed by atoms with Crippen LogP contribution in [0, 0.1) is 20.8 Å². The number of ether oxygens (including phenoxy) is 1. The number of hydrogen-bond acceptors (Lipinski definition) is 4. The van der Waals surface area contributed by atoms with Gasteiger partial charge in [-0.3, -0.25) is 4.98 Å². The highest BCUT2D eigenvalue weighted by atomic mass is 35.5. The van der Waals surface area contributed by atoms with Crippen LogP contribution in [0.15, 0.2) is 97.2 Å². The number of nitrogens with one attached hydrogen (secondary N) is 1. The van der Waals surface area contributed by atoms with Crippen molar-refractivity contribution in [2.45, 2.75) is 32.9 Å². The molecule has 2 atom stereocenters. The molecule has 0 spiro atoms. The van der Waals surface area contributed by atoms with E-state index in [0.717, 1.165) is 45.4 Å². The summed E-state index contributed by atoms with van der Waals surface area (Å²) >= 11 is 12.3. The molecule has 2 aromatic heterocycles. The summed E-state index contributed by atoms with van der Waals surface area (Å²) in [4.78, 5) is 6.81. The van der Waals surface area contributed by atoms with Crippen molar-refractivity contribution in [3.05, 3.63) is 130 Å². The molecule has 8 heteroatoms. The van der Waals surface area contributed by atoms with E-state index in [1.165, 1.54) is 0 Å². The summed E-state index contributed by atoms with van der Waals surface area (Å²) in [5.74, 6) is 1.72. The number of pyridine rings is 1. The van der Waals surface area contributed by atoms with E-state index in [2.05, 4.69) is 28.2 Å². The number of hydrogen-bond donors (Lipinski definition) is 2. The summed E-state index contributed by atoms with van der Waals surface area (Å²) in [5, 5.41) is 15.4. The van der Waals surface area contributed by atoms with Gasteiger partial charge in [-0.1, -0.05) is 35.9 Å². The first-order valence-electron chi connectivity index (χ1n) is 13.3. The van der Waals surface area contributed by atoms with Crippen molar-refractivity contribution < 1.29 is 9.84 Å². The summed E-state index contributed by atoms with van der Waals surface area (Å²) in [6.45, 7) is 6.10. The number of rotatable bonds is 6. The van der Waals surface area contributed by atoms with Gasteiger partial charge in [-0.25, -0.2) is 0 Å². The Hall–Kier alpha value is -4.33. The molecular weight excluding hydrogens is 552 g/mol. The lowest BCUT2D eigenvalue weighted by molar-refractivity contribution is 0.471. The minimum absolute atomic E-state index is 0.158. The second-order valence-electron chi connectivity index (χ2n) is 10.2. The van der Waals surface area contributed by atoms with Crippen LogP contribution in [0.25, 0.3) is 5.69 Å². The monoisotopic (exact) mass is 580 g/mol. The van der Waals surface area contributed by atoms with Crippen LogP contribution in [0.5, 0.6) is 17.2 Å². The van der Waals surface area contributed by atoms with Gasteiger partial charge >= 0.3 is 0 Å². The number of benzene rings is 3. The molecule has 0 bridgehead atoms. The van der Waals surface area contributed by atoms with Gasteiger partial charge in [-0.15, -0.1) is 0 Å². The van der Waals surface area contributed by atoms with Gasteiger partial charge in [-0.05, 0) is 111 Å². The molecule has 1 saturated heterocycles. The third-order valence-electron chi connectivity index (χ3n) is 7.50. The summed E-state index contributed by atoms with van der Waals surface area (Å²) in [5.41, 5.74) is 6.52. The number of thiocarbonyl (C=S) groups is 1. The molecule has 6 rings (SSSR count). The molecule has 0 aliphatic carbocycles. The van der Waals surface area contributed by atoms with Crippen molar-refractivity contribution in [3.8, 4) is 22.9 Å². The van der Waals surface area contributed by atoms with Crippen molar-refractivity contribution in [1.82, 2.24) is 14.9 Å². The van der Waals surface area contributed by atoms with E-state index in [9.17, 15) is 5.11 Å². The normalized spacial score (nSPS) is 16.6. The van der Waals surface area contributed by atoms with Crippen LogP contribution < -0.4 is 15.0 Å². The maximum absolute atomic E-state index is 10.7. The molecule has 6 nitrogen and oxygen atoms in total. The first-order chi connectivity index (χ1) is 19.8. The fourth-order valence-electron chi connectivity index (χ4n) is 5.56. The SMILES string of the molecule is Cc1ccccc1Oc1ccc(N2C(=S)N[C@@H](c3ccccn3)[C@H]2c2cc(C)n(-c3cc(Cl)ccc3O)c2C)cc1. The largest absolute Gasteiger partial charge is 0.506 e. The Kier molecular flexibility index (Phi) is 7.15. The van der Waals surface area contributed by atoms with Crippen molar-refractivity contribution >= 4 is 34.6 Å². The van der Waals surface area contributed by atoms with Gasteiger partial charge in [0.2, 0.25) is 0 Å². The van der Waals surface area contributed by atoms with E-state index in [4.69, 9.17) is 28.6 Å². The summed E-state index contributed by atoms with van der Waals surface area (Å²) in [6, 6.07) is 28.6. The molecule has 41 heavy (non-hydrogen) atoms. The van der Waals surface area contributed by atoms with E-state index < -0.39 is 0 Å². The maximum atomic E-state index is 10.7. The lowest BCUT2D eigenvalue weighted by Crippen LogP contribution is -2.29. The van der Waals surface area contributed by atoms with E-state index >= 15 is 0 Å². The van der Waals surface area contributed by atoms with Gasteiger partial charge in [0.1, 0.15) is 17.2 Å². The smallest absolute Gasteiger partial charge is 0.174 e. The van der Waals surface area contributed by atoms with Crippen molar-refractivity contribution in [2.24, 2.45) is 0 Å². The van der Waals surface area contributed by atoms with Crippen LogP contribution in [0.4, 0.5) is 5.69 Å². The molecule has 0 amide bonds. The molecule has 1 fully saturated rings. The van der Waals surface area contributed by atoms with E-state index in [1.54, 1.807) is 24.4 Å². The van der Waals surface area contributed by atoms with Crippen molar-refractivity contribution in [3.63, 3.8) is 0 Å². The average molecular weight is 581 g/mol. The Labute approximate surface area is 249 Å². The van der Waals surface area contributed by atoms with Gasteiger partial charge < -0.3 is 24.6 Å². The highest BCUT2D eigenvalue weighted by Gasteiger charge is 2.42. The topological polar surface area (TPSA) is 62.5 Å². The lowest BCUT2D eigenvalue weighted by atomic mass is 9.96. The van der Waals surface area contributed by atoms with E-state index in [-0.39, 0.29) is 17.8 Å². The standard InChI is InChI=1S/C33H29ClN4O2S/c1-20-8-4-5-10-30(20)40-25-14-12-24(13-15-25)38-32(31(36-33(38)41)27-9-6-7-17-35-27)26-18-21(2)37(22(26)3)28-19-23(34)11-16-29(28)39/h4-19,31-32,39H,1-3H3,(H,36,41)/t31-,32+/m0/s1. The predicted molar refractivity (Wildman–Crippen MR) is 168 cm³/mol. The molecule has 206 valence electrons. The summed E-state index contributed by atoms with van der Waals surface area (Å²) < 4.78 is 8.18. The molecule has 0 unspecified atom stereocenters. The summed E-state index contributed by atoms with van der Waals surface area (Å²) in [6.07, 6.45) is 1.80. The first kappa shape index (κ1) is 26.9. The molecule has 0 saturated carbocycles. The second kappa shape index (κ2) is 10.9. The van der Waals surface area contributed by atoms with Gasteiger partial charge in [0, 0.05) is 28.3 Å². The predicted octanol–water partition coefficient (Wildman–Crippen LogP) is 8.13. The minimum Gasteiger partial charge on any atom is -0.506 e. The minimum atomic E-state index is -0.207. The van der Waals surface area contributed by atoms with Gasteiger partial charge in [-0.2, -0.15) is 0 Å². The van der Waals surface area contributed by atoms with Crippen molar-refractivity contribution in [1.29, 1.82) is 0 Å². The highest BCUT2D eigenvalue weighted by Crippen LogP contribution is 2.44. The number of aromatic nitrogens is 2. The van der Waals surface area contributed by atoms with Gasteiger partial charge in [0.25, 0.3) is 0 Å². The van der Waals surface area contributed by atoms with Crippen LogP contribution in [-0.2, 0) is 0 Å². The number of anilines is 1. The molecule has 1 aliphatic heterocycles. The average Bonchev–Trinajstić information content (AvgIpc) is 3.47. The van der Waals surface area contributed by atoms with Crippen LogP contribution in [0.3, 0.4) is 0 Å². The number of aryl methyl sites for hydroxylation is 2. The van der Waals surface area contributed by atoms with Gasteiger partial charge in [0.05, 0.1) is 23.5 Å². The third kappa shape index (κ3) is 5.03. The molecule has 0 radical (unpaired) electrons. The first-order valence-corrected chi connectivity index (χ1v) is 14.1. The number of phenolic OH excluding ortho intramolecular Hbond substituents is 1. The Morgan fingerprint density at radius 1 is 0.927 bits per heavy atom. The van der Waals surface area contributed by atoms with Crippen LogP contribution in [0.1, 0.15) is 40.3 Å². The molecule has 3 heterocycles. The number of phenols is 1. The lowest BCUT2D eigenvalue weighted by Gasteiger charge is -2.28. The fourth-order valence-corrected chi connectivity index (χ4v) is 6.07. The number of nitrogens with zero attached hydrogens (tertiary/aromatic N) is 3. The zero-order chi connectivity index (χ0) is 28.7. The molecular formula is C33H29ClN4O2S. The van der Waals surface area contributed by atoms with Crippen molar-refractivity contribution in [2.75, 3.05) is 4.90 Å². The fraction of sp³-hybridized carbons (Fsp3) is 0.152. The maximum Gasteiger partial charge on any atom is 0.174 e. The molecule has 1 aliphatic rings. The Bertz CT molecular complexity index is 1740. The van der Waals surface area contributed by atoms with E-state index in [0.29, 0.717) is 15.8 Å². The number of para-hydroxylation sites is 1. The Balaban J connectivity index is 1.43. The highest BCUT2D eigenvalue weighted by molar-refractivity contribution is 7.80. The second-order valence-corrected chi connectivity index (χ2v) is 11.0. The van der Waals surface area contributed by atoms with Gasteiger partial charge in [0.15, 0.2) is 5.11 Å². The molecule has 5 aromatic rings. The van der Waals surface area contributed by atoms with E-state index in [1.807, 2.05) is 85.1 Å². The number of halogens is 1. The van der Waals surface area contributed by atoms with Crippen LogP contribution >= 0.6 is 23.8 Å². The zero-order valence-corrected chi connectivity index (χ0v) is 24.4. The Morgan fingerprint density at radius 2 is 1.68 bits per heavy atom.